The molecule has 1 aromatic rings. The predicted molar refractivity (Wildman–Crippen MR) is 81.9 cm³/mol. The molecule has 1 N–H and O–H groups in total. The standard InChI is InChI=1S/C17H26N2/c1-12-7-8-13(2)15(10-12)19-9-5-6-14-16(19)17(3,4)11-18-14/h7-8,10,14,16,18H,5-6,9,11H2,1-4H3. The van der Waals surface area contributed by atoms with Gasteiger partial charge in [-0.2, -0.15) is 0 Å². The first-order chi connectivity index (χ1) is 8.99. The van der Waals surface area contributed by atoms with Crippen LogP contribution in [0.5, 0.6) is 0 Å². The van der Waals surface area contributed by atoms with E-state index in [1.807, 2.05) is 0 Å². The average Bonchev–Trinajstić information content (AvgIpc) is 2.69. The first-order valence-corrected chi connectivity index (χ1v) is 7.56. The van der Waals surface area contributed by atoms with E-state index in [0.29, 0.717) is 17.5 Å². The molecular weight excluding hydrogens is 232 g/mol. The van der Waals surface area contributed by atoms with E-state index in [2.05, 4.69) is 56.1 Å². The van der Waals surface area contributed by atoms with Gasteiger partial charge in [-0.3, -0.25) is 0 Å². The fourth-order valence-corrected chi connectivity index (χ4v) is 3.97. The van der Waals surface area contributed by atoms with E-state index in [-0.39, 0.29) is 0 Å². The third kappa shape index (κ3) is 2.16. The maximum absolute atomic E-state index is 3.74. The Labute approximate surface area is 117 Å². The van der Waals surface area contributed by atoms with Gasteiger partial charge in [-0.15, -0.1) is 0 Å². The minimum absolute atomic E-state index is 0.362. The van der Waals surface area contributed by atoms with Crippen LogP contribution in [-0.4, -0.2) is 25.2 Å². The van der Waals surface area contributed by atoms with Gasteiger partial charge in [-0.1, -0.05) is 26.0 Å². The van der Waals surface area contributed by atoms with Crippen LogP contribution in [0.1, 0.15) is 37.8 Å². The van der Waals surface area contributed by atoms with Gasteiger partial charge >= 0.3 is 0 Å². The number of rotatable bonds is 1. The summed E-state index contributed by atoms with van der Waals surface area (Å²) in [6.45, 7) is 11.6. The second-order valence-electron chi connectivity index (χ2n) is 7.05. The maximum Gasteiger partial charge on any atom is 0.0506 e. The lowest BCUT2D eigenvalue weighted by Crippen LogP contribution is -2.53. The molecule has 19 heavy (non-hydrogen) atoms. The molecule has 0 aliphatic carbocycles. The fraction of sp³-hybridized carbons (Fsp3) is 0.647. The van der Waals surface area contributed by atoms with Crippen molar-refractivity contribution in [2.24, 2.45) is 5.41 Å². The topological polar surface area (TPSA) is 15.3 Å². The van der Waals surface area contributed by atoms with Crippen molar-refractivity contribution < 1.29 is 0 Å². The Kier molecular flexibility index (Phi) is 3.09. The Hall–Kier alpha value is -1.02. The summed E-state index contributed by atoms with van der Waals surface area (Å²) in [5, 5.41) is 3.74. The van der Waals surface area contributed by atoms with Crippen molar-refractivity contribution in [1.29, 1.82) is 0 Å². The zero-order valence-corrected chi connectivity index (χ0v) is 12.7. The second kappa shape index (κ2) is 4.52. The van der Waals surface area contributed by atoms with Gasteiger partial charge < -0.3 is 10.2 Å². The highest BCUT2D eigenvalue weighted by Gasteiger charge is 2.46. The van der Waals surface area contributed by atoms with E-state index in [4.69, 9.17) is 0 Å². The Morgan fingerprint density at radius 2 is 2.05 bits per heavy atom. The van der Waals surface area contributed by atoms with Crippen LogP contribution in [0.3, 0.4) is 0 Å². The van der Waals surface area contributed by atoms with Crippen LogP contribution < -0.4 is 10.2 Å². The Morgan fingerprint density at radius 1 is 1.26 bits per heavy atom. The van der Waals surface area contributed by atoms with Gasteiger partial charge in [0.1, 0.15) is 0 Å². The van der Waals surface area contributed by atoms with E-state index in [0.717, 1.165) is 6.54 Å². The van der Waals surface area contributed by atoms with Gasteiger partial charge in [0.2, 0.25) is 0 Å². The molecule has 2 nitrogen and oxygen atoms in total. The first kappa shape index (κ1) is 13.0. The van der Waals surface area contributed by atoms with E-state index in [1.165, 1.54) is 36.2 Å². The molecule has 2 saturated heterocycles. The molecule has 0 bridgehead atoms. The summed E-state index contributed by atoms with van der Waals surface area (Å²) in [5.74, 6) is 0. The highest BCUT2D eigenvalue weighted by molar-refractivity contribution is 5.57. The predicted octanol–water partition coefficient (Wildman–Crippen LogP) is 3.27. The van der Waals surface area contributed by atoms with E-state index >= 15 is 0 Å². The number of hydrogen-bond acceptors (Lipinski definition) is 2. The summed E-state index contributed by atoms with van der Waals surface area (Å²) >= 11 is 0. The zero-order chi connectivity index (χ0) is 13.6. The Balaban J connectivity index is 2.00. The molecule has 2 heteroatoms. The van der Waals surface area contributed by atoms with E-state index < -0.39 is 0 Å². The summed E-state index contributed by atoms with van der Waals surface area (Å²) < 4.78 is 0. The molecule has 0 radical (unpaired) electrons. The summed E-state index contributed by atoms with van der Waals surface area (Å²) in [6, 6.07) is 8.17. The smallest absolute Gasteiger partial charge is 0.0506 e. The lowest BCUT2D eigenvalue weighted by Gasteiger charge is -2.45. The number of aryl methyl sites for hydroxylation is 2. The molecular formula is C17H26N2. The quantitative estimate of drug-likeness (QED) is 0.831. The van der Waals surface area contributed by atoms with Crippen LogP contribution in [0.15, 0.2) is 18.2 Å². The second-order valence-corrected chi connectivity index (χ2v) is 7.05. The molecule has 2 aliphatic heterocycles. The minimum atomic E-state index is 0.362. The summed E-state index contributed by atoms with van der Waals surface area (Å²) in [4.78, 5) is 2.68. The van der Waals surface area contributed by atoms with Crippen molar-refractivity contribution in [2.75, 3.05) is 18.0 Å². The van der Waals surface area contributed by atoms with Crippen LogP contribution in [0.4, 0.5) is 5.69 Å². The first-order valence-electron chi connectivity index (χ1n) is 7.56. The third-order valence-electron chi connectivity index (χ3n) is 4.93. The van der Waals surface area contributed by atoms with Crippen LogP contribution in [0.25, 0.3) is 0 Å². The molecule has 104 valence electrons. The van der Waals surface area contributed by atoms with Crippen molar-refractivity contribution >= 4 is 5.69 Å². The highest BCUT2D eigenvalue weighted by Crippen LogP contribution is 2.40. The van der Waals surface area contributed by atoms with Gasteiger partial charge in [-0.25, -0.2) is 0 Å². The molecule has 0 amide bonds. The van der Waals surface area contributed by atoms with Crippen LogP contribution in [0.2, 0.25) is 0 Å². The van der Waals surface area contributed by atoms with Crippen molar-refractivity contribution in [1.82, 2.24) is 5.32 Å². The fourth-order valence-electron chi connectivity index (χ4n) is 3.97. The maximum atomic E-state index is 3.74. The lowest BCUT2D eigenvalue weighted by molar-refractivity contribution is 0.291. The molecule has 2 fully saturated rings. The van der Waals surface area contributed by atoms with Crippen molar-refractivity contribution in [2.45, 2.75) is 52.6 Å². The summed E-state index contributed by atoms with van der Waals surface area (Å²) in [7, 11) is 0. The number of anilines is 1. The van der Waals surface area contributed by atoms with Gasteiger partial charge in [-0.05, 0) is 49.3 Å². The van der Waals surface area contributed by atoms with Crippen LogP contribution in [-0.2, 0) is 0 Å². The number of hydrogen-bond donors (Lipinski definition) is 1. The molecule has 3 rings (SSSR count). The molecule has 0 spiro atoms. The monoisotopic (exact) mass is 258 g/mol. The van der Waals surface area contributed by atoms with Gasteiger partial charge in [0.05, 0.1) is 6.04 Å². The molecule has 0 aromatic heterocycles. The van der Waals surface area contributed by atoms with Crippen molar-refractivity contribution in [3.8, 4) is 0 Å². The molecule has 2 heterocycles. The summed E-state index contributed by atoms with van der Waals surface area (Å²) in [5.41, 5.74) is 4.59. The Morgan fingerprint density at radius 3 is 2.84 bits per heavy atom. The van der Waals surface area contributed by atoms with Crippen LogP contribution >= 0.6 is 0 Å². The molecule has 2 aliphatic rings. The minimum Gasteiger partial charge on any atom is -0.366 e. The Bertz CT molecular complexity index is 478. The molecule has 2 unspecified atom stereocenters. The number of fused-ring (bicyclic) bond motifs is 1. The normalized spacial score (nSPS) is 29.4. The van der Waals surface area contributed by atoms with Crippen LogP contribution in [0, 0.1) is 19.3 Å². The largest absolute Gasteiger partial charge is 0.366 e. The van der Waals surface area contributed by atoms with Gasteiger partial charge in [0.15, 0.2) is 0 Å². The number of nitrogens with zero attached hydrogens (tertiary/aromatic N) is 1. The van der Waals surface area contributed by atoms with Gasteiger partial charge in [0.25, 0.3) is 0 Å². The third-order valence-corrected chi connectivity index (χ3v) is 4.93. The molecule has 0 saturated carbocycles. The molecule has 1 aromatic carbocycles. The SMILES string of the molecule is Cc1ccc(C)c(N2CCCC3NCC(C)(C)C32)c1. The highest BCUT2D eigenvalue weighted by atomic mass is 15.2. The molecule has 2 atom stereocenters. The zero-order valence-electron chi connectivity index (χ0n) is 12.7. The number of benzene rings is 1. The number of piperidine rings is 1. The number of nitrogens with one attached hydrogen (secondary N) is 1. The lowest BCUT2D eigenvalue weighted by atomic mass is 9.80. The van der Waals surface area contributed by atoms with Crippen molar-refractivity contribution in [3.63, 3.8) is 0 Å². The van der Waals surface area contributed by atoms with E-state index in [1.54, 1.807) is 0 Å². The van der Waals surface area contributed by atoms with Gasteiger partial charge in [0, 0.05) is 24.8 Å². The summed E-state index contributed by atoms with van der Waals surface area (Å²) in [6.07, 6.45) is 2.63. The van der Waals surface area contributed by atoms with E-state index in [9.17, 15) is 0 Å². The average molecular weight is 258 g/mol. The van der Waals surface area contributed by atoms with Crippen molar-refractivity contribution in [3.05, 3.63) is 29.3 Å².